The number of sulfonamides is 1. The number of carbonyl (C=O) groups is 1. The molecule has 4 N–H and O–H groups in total. The van der Waals surface area contributed by atoms with E-state index in [4.69, 9.17) is 16.7 Å². The Bertz CT molecular complexity index is 1370. The summed E-state index contributed by atoms with van der Waals surface area (Å²) < 4.78 is 95.9. The van der Waals surface area contributed by atoms with Gasteiger partial charge < -0.3 is 15.2 Å². The molecule has 1 aliphatic carbocycles. The van der Waals surface area contributed by atoms with E-state index in [2.05, 4.69) is 15.2 Å². The number of hydrogen-bond donors (Lipinski definition) is 3. The van der Waals surface area contributed by atoms with E-state index in [-0.39, 0.29) is 66.3 Å². The number of rotatable bonds is 10. The number of primary sulfonamides is 1. The molecule has 1 heterocycles. The summed E-state index contributed by atoms with van der Waals surface area (Å²) in [6.45, 7) is 0.226. The predicted molar refractivity (Wildman–Crippen MR) is 141 cm³/mol. The molecule has 0 atom stereocenters. The first-order valence-electron chi connectivity index (χ1n) is 12.7. The number of nitrogens with two attached hydrogens (primary N) is 1. The van der Waals surface area contributed by atoms with Crippen molar-refractivity contribution in [3.63, 3.8) is 0 Å². The fourth-order valence-electron chi connectivity index (χ4n) is 4.71. The Morgan fingerprint density at radius 3 is 2.41 bits per heavy atom. The lowest BCUT2D eigenvalue weighted by Crippen LogP contribution is -2.48. The molecule has 1 amide bonds. The molecule has 230 valence electrons. The molecule has 41 heavy (non-hydrogen) atoms. The molecule has 1 fully saturated rings. The normalized spacial score (nSPS) is 20.3. The van der Waals surface area contributed by atoms with Crippen LogP contribution in [0.3, 0.4) is 0 Å². The zero-order valence-electron chi connectivity index (χ0n) is 22.6. The molecule has 0 bridgehead atoms. The molecule has 16 heteroatoms. The molecule has 1 saturated carbocycles. The second-order valence-electron chi connectivity index (χ2n) is 10.8. The van der Waals surface area contributed by atoms with Crippen LogP contribution in [0.2, 0.25) is 5.02 Å². The van der Waals surface area contributed by atoms with Crippen molar-refractivity contribution in [2.24, 2.45) is 10.6 Å². The van der Waals surface area contributed by atoms with Crippen LogP contribution < -0.4 is 15.2 Å². The minimum Gasteiger partial charge on any atom is -0.434 e. The van der Waals surface area contributed by atoms with E-state index in [0.29, 0.717) is 0 Å². The van der Waals surface area contributed by atoms with Crippen LogP contribution in [0.4, 0.5) is 22.0 Å². The van der Waals surface area contributed by atoms with E-state index in [1.165, 1.54) is 16.8 Å². The van der Waals surface area contributed by atoms with Crippen molar-refractivity contribution >= 4 is 27.5 Å². The fraction of sp³-hybridized carbons (Fsp3) is 0.600. The quantitative estimate of drug-likeness (QED) is 0.327. The van der Waals surface area contributed by atoms with Crippen molar-refractivity contribution in [1.29, 1.82) is 0 Å². The molecule has 1 aliphatic rings. The van der Waals surface area contributed by atoms with E-state index >= 15 is 0 Å². The Morgan fingerprint density at radius 1 is 1.29 bits per heavy atom. The van der Waals surface area contributed by atoms with Gasteiger partial charge in [0.05, 0.1) is 27.0 Å². The minimum absolute atomic E-state index is 0.0165. The Hall–Kier alpha value is -2.49. The third-order valence-electron chi connectivity index (χ3n) is 7.25. The third-order valence-corrected chi connectivity index (χ3v) is 9.00. The highest BCUT2D eigenvalue weighted by atomic mass is 35.5. The lowest BCUT2D eigenvalue weighted by molar-refractivity contribution is -0.211. The number of halogens is 6. The van der Waals surface area contributed by atoms with E-state index < -0.39 is 57.2 Å². The molecule has 1 aromatic carbocycles. The molecule has 0 saturated heterocycles. The first-order chi connectivity index (χ1) is 18.8. The Balaban J connectivity index is 1.89. The number of aliphatic hydroxyl groups is 1. The molecular formula is C25H32ClF5N4O5S. The summed E-state index contributed by atoms with van der Waals surface area (Å²) in [4.78, 5) is 13.0. The summed E-state index contributed by atoms with van der Waals surface area (Å²) in [5, 5.41) is 21.7. The number of benzene rings is 1. The van der Waals surface area contributed by atoms with Crippen LogP contribution in [0.15, 0.2) is 18.2 Å². The maximum absolute atomic E-state index is 13.4. The second-order valence-corrected chi connectivity index (χ2v) is 13.0. The van der Waals surface area contributed by atoms with E-state index in [1.807, 2.05) is 0 Å². The van der Waals surface area contributed by atoms with Crippen LogP contribution in [-0.2, 0) is 23.0 Å². The minimum atomic E-state index is -4.55. The average molecular weight is 631 g/mol. The van der Waals surface area contributed by atoms with Crippen molar-refractivity contribution in [2.45, 2.75) is 83.1 Å². The number of amides is 1. The number of nitrogens with one attached hydrogen (secondary N) is 1. The van der Waals surface area contributed by atoms with Gasteiger partial charge in [-0.1, -0.05) is 31.5 Å². The van der Waals surface area contributed by atoms with Crippen LogP contribution in [0.1, 0.15) is 62.5 Å². The third kappa shape index (κ3) is 7.67. The zero-order valence-corrected chi connectivity index (χ0v) is 24.1. The standard InChI is InChI=1S/C25H32ClF5N4O5S/c1-4-35-20(16-6-5-14(11-17(16)40-22(27)28)12-23(2,3)25(29,30)31)18(26)19(34-35)21(36)33-13-24(37)9-7-15(8-10-24)41(32,38)39/h5-6,11,15,22,37H,4,7-10,12-13H2,1-3H3,(H,33,36)(H2,32,38,39)/t15-,24+. The van der Waals surface area contributed by atoms with Crippen LogP contribution in [-0.4, -0.2) is 59.4 Å². The van der Waals surface area contributed by atoms with Crippen molar-refractivity contribution in [1.82, 2.24) is 15.1 Å². The number of nitrogens with zero attached hydrogens (tertiary/aromatic N) is 2. The van der Waals surface area contributed by atoms with Gasteiger partial charge in [-0.05, 0) is 56.7 Å². The largest absolute Gasteiger partial charge is 0.434 e. The van der Waals surface area contributed by atoms with Crippen LogP contribution in [0.5, 0.6) is 5.75 Å². The first kappa shape index (κ1) is 33.0. The number of aryl methyl sites for hydroxylation is 1. The number of alkyl halides is 5. The molecule has 2 aromatic rings. The zero-order chi connectivity index (χ0) is 31.0. The van der Waals surface area contributed by atoms with Gasteiger partial charge >= 0.3 is 12.8 Å². The highest BCUT2D eigenvalue weighted by Gasteiger charge is 2.47. The van der Waals surface area contributed by atoms with Crippen LogP contribution >= 0.6 is 11.6 Å². The van der Waals surface area contributed by atoms with Crippen molar-refractivity contribution in [2.75, 3.05) is 6.54 Å². The summed E-state index contributed by atoms with van der Waals surface area (Å²) in [5.74, 6) is -1.23. The molecule has 3 rings (SSSR count). The molecule has 0 spiro atoms. The molecule has 0 radical (unpaired) electrons. The van der Waals surface area contributed by atoms with Gasteiger partial charge in [0, 0.05) is 18.7 Å². The molecule has 0 aliphatic heterocycles. The smallest absolute Gasteiger partial charge is 0.394 e. The summed E-state index contributed by atoms with van der Waals surface area (Å²) in [6, 6.07) is 3.69. The van der Waals surface area contributed by atoms with Crippen LogP contribution in [0, 0.1) is 5.41 Å². The highest BCUT2D eigenvalue weighted by molar-refractivity contribution is 7.89. The van der Waals surface area contributed by atoms with Gasteiger partial charge in [-0.2, -0.15) is 27.1 Å². The predicted octanol–water partition coefficient (Wildman–Crippen LogP) is 4.65. The van der Waals surface area contributed by atoms with Gasteiger partial charge in [-0.15, -0.1) is 0 Å². The number of aromatic nitrogens is 2. The van der Waals surface area contributed by atoms with E-state index in [1.54, 1.807) is 6.92 Å². The van der Waals surface area contributed by atoms with Gasteiger partial charge in [-0.3, -0.25) is 9.48 Å². The summed E-state index contributed by atoms with van der Waals surface area (Å²) >= 11 is 6.50. The molecule has 0 unspecified atom stereocenters. The lowest BCUT2D eigenvalue weighted by Gasteiger charge is -2.35. The topological polar surface area (TPSA) is 137 Å². The highest BCUT2D eigenvalue weighted by Crippen LogP contribution is 2.43. The Kier molecular flexibility index (Phi) is 9.68. The summed E-state index contributed by atoms with van der Waals surface area (Å²) in [7, 11) is -3.75. The molecule has 9 nitrogen and oxygen atoms in total. The second kappa shape index (κ2) is 12.0. The monoisotopic (exact) mass is 630 g/mol. The Morgan fingerprint density at radius 2 is 1.90 bits per heavy atom. The van der Waals surface area contributed by atoms with Gasteiger partial charge in [-0.25, -0.2) is 13.6 Å². The fourth-order valence-corrected chi connectivity index (χ4v) is 5.93. The van der Waals surface area contributed by atoms with Crippen molar-refractivity contribution < 1.29 is 45.0 Å². The van der Waals surface area contributed by atoms with Crippen molar-refractivity contribution in [3.8, 4) is 17.0 Å². The Labute approximate surface area is 239 Å². The van der Waals surface area contributed by atoms with Gasteiger partial charge in [0.2, 0.25) is 10.0 Å². The van der Waals surface area contributed by atoms with E-state index in [0.717, 1.165) is 19.9 Å². The maximum atomic E-state index is 13.4. The maximum Gasteiger partial charge on any atom is 0.394 e. The first-order valence-corrected chi connectivity index (χ1v) is 14.7. The number of hydrogen-bond acceptors (Lipinski definition) is 6. The van der Waals surface area contributed by atoms with Crippen LogP contribution in [0.25, 0.3) is 11.3 Å². The molecule has 1 aromatic heterocycles. The van der Waals surface area contributed by atoms with Gasteiger partial charge in [0.15, 0.2) is 5.69 Å². The van der Waals surface area contributed by atoms with Gasteiger partial charge in [0.1, 0.15) is 5.75 Å². The van der Waals surface area contributed by atoms with Gasteiger partial charge in [0.25, 0.3) is 5.91 Å². The SMILES string of the molecule is CCn1nc(C(=O)NC[C@]2(O)CC[C@@H](S(N)(=O)=O)CC2)c(Cl)c1-c1ccc(CC(C)(C)C(F)(F)F)cc1OC(F)F. The number of ether oxygens (including phenoxy) is 1. The number of carbonyl (C=O) groups excluding carboxylic acids is 1. The molecular weight excluding hydrogens is 599 g/mol. The van der Waals surface area contributed by atoms with E-state index in [9.17, 15) is 40.3 Å². The summed E-state index contributed by atoms with van der Waals surface area (Å²) in [5.41, 5.74) is -3.71. The lowest BCUT2D eigenvalue weighted by atomic mass is 9.84. The summed E-state index contributed by atoms with van der Waals surface area (Å²) in [6.07, 6.45) is -4.68. The van der Waals surface area contributed by atoms with Crippen molar-refractivity contribution in [3.05, 3.63) is 34.5 Å². The average Bonchev–Trinajstić information content (AvgIpc) is 3.17.